The van der Waals surface area contributed by atoms with Crippen molar-refractivity contribution in [1.29, 1.82) is 0 Å². The van der Waals surface area contributed by atoms with Crippen LogP contribution in [-0.4, -0.2) is 0 Å². The van der Waals surface area contributed by atoms with Crippen LogP contribution in [0.4, 0.5) is 0 Å². The fourth-order valence-electron chi connectivity index (χ4n) is 3.07. The summed E-state index contributed by atoms with van der Waals surface area (Å²) in [7, 11) is 0. The molecule has 0 aromatic rings. The minimum absolute atomic E-state index is 0.846. The van der Waals surface area contributed by atoms with Crippen molar-refractivity contribution in [2.45, 2.75) is 93.9 Å². The van der Waals surface area contributed by atoms with E-state index < -0.39 is 0 Å². The van der Waals surface area contributed by atoms with E-state index >= 15 is 0 Å². The normalized spacial score (nSPS) is 18.3. The molecule has 0 amide bonds. The SMILES string of the molecule is CC(C)CC(C)C(C)CCCC(C)CCC(C)C(C)C. The van der Waals surface area contributed by atoms with Gasteiger partial charge in [-0.1, -0.05) is 87.5 Å². The molecule has 0 saturated heterocycles. The van der Waals surface area contributed by atoms with Crippen molar-refractivity contribution in [3.05, 3.63) is 0 Å². The molecule has 0 saturated carbocycles. The van der Waals surface area contributed by atoms with Crippen LogP contribution in [0.3, 0.4) is 0 Å². The lowest BCUT2D eigenvalue weighted by molar-refractivity contribution is 0.288. The first-order chi connectivity index (χ1) is 9.23. The van der Waals surface area contributed by atoms with Crippen molar-refractivity contribution in [3.63, 3.8) is 0 Å². The highest BCUT2D eigenvalue weighted by Crippen LogP contribution is 2.26. The molecule has 0 spiro atoms. The van der Waals surface area contributed by atoms with E-state index in [1.54, 1.807) is 0 Å². The maximum atomic E-state index is 2.46. The third-order valence-electron chi connectivity index (χ3n) is 5.42. The van der Waals surface area contributed by atoms with Gasteiger partial charge in [-0.05, 0) is 41.9 Å². The molecule has 0 heteroatoms. The third-order valence-corrected chi connectivity index (χ3v) is 5.42. The van der Waals surface area contributed by atoms with Crippen LogP contribution in [-0.2, 0) is 0 Å². The van der Waals surface area contributed by atoms with Crippen LogP contribution in [0.2, 0.25) is 0 Å². The standard InChI is InChI=1S/C20H42/c1-15(2)14-20(8)19(7)11-9-10-17(5)12-13-18(6)16(3)4/h15-20H,9-14H2,1-8H3. The van der Waals surface area contributed by atoms with E-state index in [2.05, 4.69) is 55.4 Å². The van der Waals surface area contributed by atoms with Gasteiger partial charge in [0.2, 0.25) is 0 Å². The number of hydrogen-bond donors (Lipinski definition) is 0. The summed E-state index contributed by atoms with van der Waals surface area (Å²) < 4.78 is 0. The maximum Gasteiger partial charge on any atom is -0.0415 e. The van der Waals surface area contributed by atoms with Gasteiger partial charge in [0.05, 0.1) is 0 Å². The highest BCUT2D eigenvalue weighted by Gasteiger charge is 2.14. The van der Waals surface area contributed by atoms with Gasteiger partial charge in [0, 0.05) is 0 Å². The van der Waals surface area contributed by atoms with Gasteiger partial charge in [-0.3, -0.25) is 0 Å². The lowest BCUT2D eigenvalue weighted by Crippen LogP contribution is -2.11. The summed E-state index contributed by atoms with van der Waals surface area (Å²) in [6, 6.07) is 0. The summed E-state index contributed by atoms with van der Waals surface area (Å²) in [6.07, 6.45) is 8.53. The predicted molar refractivity (Wildman–Crippen MR) is 94.0 cm³/mol. The summed E-state index contributed by atoms with van der Waals surface area (Å²) in [5, 5.41) is 0. The molecule has 122 valence electrons. The molecular formula is C20H42. The Bertz CT molecular complexity index is 216. The van der Waals surface area contributed by atoms with Crippen LogP contribution >= 0.6 is 0 Å². The molecule has 4 atom stereocenters. The van der Waals surface area contributed by atoms with E-state index in [1.165, 1.54) is 38.5 Å². The Kier molecular flexibility index (Phi) is 10.7. The van der Waals surface area contributed by atoms with Crippen LogP contribution in [0.5, 0.6) is 0 Å². The average molecular weight is 283 g/mol. The molecule has 0 fully saturated rings. The second kappa shape index (κ2) is 10.7. The van der Waals surface area contributed by atoms with Gasteiger partial charge in [-0.15, -0.1) is 0 Å². The molecular weight excluding hydrogens is 240 g/mol. The molecule has 0 aliphatic heterocycles. The number of hydrogen-bond acceptors (Lipinski definition) is 0. The second-order valence-electron chi connectivity index (χ2n) is 8.42. The van der Waals surface area contributed by atoms with Crippen LogP contribution in [0, 0.1) is 35.5 Å². The van der Waals surface area contributed by atoms with E-state index in [-0.39, 0.29) is 0 Å². The van der Waals surface area contributed by atoms with E-state index in [1.807, 2.05) is 0 Å². The Morgan fingerprint density at radius 2 is 1.15 bits per heavy atom. The lowest BCUT2D eigenvalue weighted by atomic mass is 9.83. The molecule has 4 unspecified atom stereocenters. The van der Waals surface area contributed by atoms with Crippen LogP contribution in [0.15, 0.2) is 0 Å². The van der Waals surface area contributed by atoms with Crippen molar-refractivity contribution in [1.82, 2.24) is 0 Å². The van der Waals surface area contributed by atoms with Gasteiger partial charge in [0.15, 0.2) is 0 Å². The van der Waals surface area contributed by atoms with Gasteiger partial charge in [-0.2, -0.15) is 0 Å². The van der Waals surface area contributed by atoms with Crippen molar-refractivity contribution < 1.29 is 0 Å². The zero-order chi connectivity index (χ0) is 15.7. The van der Waals surface area contributed by atoms with Gasteiger partial charge < -0.3 is 0 Å². The van der Waals surface area contributed by atoms with Crippen molar-refractivity contribution in [3.8, 4) is 0 Å². The van der Waals surface area contributed by atoms with Crippen LogP contribution in [0.1, 0.15) is 93.9 Å². The molecule has 0 heterocycles. The predicted octanol–water partition coefficient (Wildman–Crippen LogP) is 7.18. The Labute approximate surface area is 130 Å². The van der Waals surface area contributed by atoms with Gasteiger partial charge in [-0.25, -0.2) is 0 Å². The Morgan fingerprint density at radius 1 is 0.550 bits per heavy atom. The van der Waals surface area contributed by atoms with Crippen molar-refractivity contribution >= 4 is 0 Å². The minimum atomic E-state index is 0.846. The quantitative estimate of drug-likeness (QED) is 0.376. The first-order valence-electron chi connectivity index (χ1n) is 9.23. The molecule has 0 aromatic heterocycles. The average Bonchev–Trinajstić information content (AvgIpc) is 2.34. The molecule has 0 nitrogen and oxygen atoms in total. The molecule has 0 aliphatic rings. The zero-order valence-corrected chi connectivity index (χ0v) is 15.7. The lowest BCUT2D eigenvalue weighted by Gasteiger charge is -2.23. The van der Waals surface area contributed by atoms with Crippen LogP contribution < -0.4 is 0 Å². The van der Waals surface area contributed by atoms with Gasteiger partial charge in [0.1, 0.15) is 0 Å². The molecule has 0 N–H and O–H groups in total. The fourth-order valence-corrected chi connectivity index (χ4v) is 3.07. The highest BCUT2D eigenvalue weighted by atomic mass is 14.2. The fraction of sp³-hybridized carbons (Fsp3) is 1.00. The smallest absolute Gasteiger partial charge is 0.0415 e. The van der Waals surface area contributed by atoms with Crippen LogP contribution in [0.25, 0.3) is 0 Å². The molecule has 0 radical (unpaired) electrons. The van der Waals surface area contributed by atoms with E-state index in [9.17, 15) is 0 Å². The Morgan fingerprint density at radius 3 is 1.65 bits per heavy atom. The third kappa shape index (κ3) is 9.83. The Balaban J connectivity index is 3.72. The minimum Gasteiger partial charge on any atom is -0.0628 e. The molecule has 0 rings (SSSR count). The van der Waals surface area contributed by atoms with Gasteiger partial charge >= 0.3 is 0 Å². The monoisotopic (exact) mass is 282 g/mol. The zero-order valence-electron chi connectivity index (χ0n) is 15.7. The van der Waals surface area contributed by atoms with Crippen molar-refractivity contribution in [2.24, 2.45) is 35.5 Å². The molecule has 0 aromatic carbocycles. The Hall–Kier alpha value is 0. The highest BCUT2D eigenvalue weighted by molar-refractivity contribution is 4.66. The summed E-state index contributed by atoms with van der Waals surface area (Å²) in [5.74, 6) is 5.31. The van der Waals surface area contributed by atoms with Crippen molar-refractivity contribution in [2.75, 3.05) is 0 Å². The maximum absolute atomic E-state index is 2.46. The topological polar surface area (TPSA) is 0 Å². The van der Waals surface area contributed by atoms with E-state index in [0.717, 1.165) is 35.5 Å². The van der Waals surface area contributed by atoms with E-state index in [0.29, 0.717) is 0 Å². The summed E-state index contributed by atoms with van der Waals surface area (Å²) in [4.78, 5) is 0. The number of rotatable bonds is 11. The summed E-state index contributed by atoms with van der Waals surface area (Å²) >= 11 is 0. The summed E-state index contributed by atoms with van der Waals surface area (Å²) in [6.45, 7) is 19.2. The van der Waals surface area contributed by atoms with Gasteiger partial charge in [0.25, 0.3) is 0 Å². The molecule has 0 bridgehead atoms. The molecule has 0 aliphatic carbocycles. The second-order valence-corrected chi connectivity index (χ2v) is 8.42. The first kappa shape index (κ1) is 20.0. The van der Waals surface area contributed by atoms with E-state index in [4.69, 9.17) is 0 Å². The first-order valence-corrected chi connectivity index (χ1v) is 9.23. The molecule has 20 heavy (non-hydrogen) atoms. The largest absolute Gasteiger partial charge is 0.0628 e. The summed E-state index contributed by atoms with van der Waals surface area (Å²) in [5.41, 5.74) is 0.